The van der Waals surface area contributed by atoms with Crippen LogP contribution >= 0.6 is 11.6 Å². The molecule has 1 heterocycles. The Labute approximate surface area is 159 Å². The molecule has 0 bridgehead atoms. The fourth-order valence-electron chi connectivity index (χ4n) is 2.79. The Morgan fingerprint density at radius 2 is 1.58 bits per heavy atom. The lowest BCUT2D eigenvalue weighted by Crippen LogP contribution is -2.41. The highest BCUT2D eigenvalue weighted by Crippen LogP contribution is 2.37. The molecule has 0 radical (unpaired) electrons. The van der Waals surface area contributed by atoms with E-state index in [9.17, 15) is 4.79 Å². The Bertz CT molecular complexity index is 814. The predicted molar refractivity (Wildman–Crippen MR) is 104 cm³/mol. The smallest absolute Gasteiger partial charge is 0.495 e. The van der Waals surface area contributed by atoms with Crippen LogP contribution in [0.1, 0.15) is 43.6 Å². The number of carbonyl (C=O) groups excluding carboxylic acids is 1. The fourth-order valence-corrected chi connectivity index (χ4v) is 2.92. The molecule has 0 N–H and O–H groups in total. The second kappa shape index (κ2) is 6.73. The van der Waals surface area contributed by atoms with Gasteiger partial charge in [-0.05, 0) is 69.6 Å². The number of hydrogen-bond donors (Lipinski definition) is 0. The zero-order valence-electron chi connectivity index (χ0n) is 15.6. The number of ketones is 1. The number of benzene rings is 2. The van der Waals surface area contributed by atoms with Crippen LogP contribution in [-0.4, -0.2) is 31.2 Å². The highest BCUT2D eigenvalue weighted by Gasteiger charge is 2.52. The Morgan fingerprint density at radius 3 is 2.12 bits per heavy atom. The minimum absolute atomic E-state index is 0.134. The lowest BCUT2D eigenvalue weighted by atomic mass is 9.74. The van der Waals surface area contributed by atoms with E-state index in [1.165, 1.54) is 0 Å². The topological polar surface area (TPSA) is 44.8 Å². The van der Waals surface area contributed by atoms with E-state index >= 15 is 0 Å². The monoisotopic (exact) mass is 372 g/mol. The summed E-state index contributed by atoms with van der Waals surface area (Å²) in [4.78, 5) is 13.1. The maximum absolute atomic E-state index is 13.1. The molecule has 1 aliphatic rings. The lowest BCUT2D eigenvalue weighted by molar-refractivity contribution is 0.00578. The normalized spacial score (nSPS) is 18.0. The van der Waals surface area contributed by atoms with E-state index in [1.54, 1.807) is 43.5 Å². The van der Waals surface area contributed by atoms with Crippen molar-refractivity contribution in [2.45, 2.75) is 38.9 Å². The van der Waals surface area contributed by atoms with Crippen molar-refractivity contribution in [3.63, 3.8) is 0 Å². The van der Waals surface area contributed by atoms with Gasteiger partial charge >= 0.3 is 7.12 Å². The molecule has 6 heteroatoms. The third kappa shape index (κ3) is 3.39. The first-order valence-corrected chi connectivity index (χ1v) is 8.86. The number of halogens is 1. The first kappa shape index (κ1) is 19.0. The quantitative estimate of drug-likeness (QED) is 0.603. The average molecular weight is 373 g/mol. The van der Waals surface area contributed by atoms with E-state index in [0.29, 0.717) is 27.4 Å². The highest BCUT2D eigenvalue weighted by molar-refractivity contribution is 6.64. The fraction of sp³-hybridized carbons (Fsp3) is 0.350. The Balaban J connectivity index is 2.04. The van der Waals surface area contributed by atoms with Gasteiger partial charge in [0, 0.05) is 16.1 Å². The molecule has 0 spiro atoms. The van der Waals surface area contributed by atoms with Crippen molar-refractivity contribution in [3.8, 4) is 5.75 Å². The summed E-state index contributed by atoms with van der Waals surface area (Å²) < 4.78 is 17.6. The molecule has 1 aliphatic heterocycles. The minimum Gasteiger partial charge on any atom is -0.497 e. The molecule has 1 fully saturated rings. The zero-order chi connectivity index (χ0) is 19.1. The average Bonchev–Trinajstić information content (AvgIpc) is 2.82. The van der Waals surface area contributed by atoms with Crippen LogP contribution in [0, 0.1) is 0 Å². The van der Waals surface area contributed by atoms with Gasteiger partial charge in [0.05, 0.1) is 18.3 Å². The molecule has 0 saturated carbocycles. The van der Waals surface area contributed by atoms with Crippen molar-refractivity contribution in [2.75, 3.05) is 7.11 Å². The van der Waals surface area contributed by atoms with Crippen LogP contribution in [0.2, 0.25) is 5.02 Å². The molecule has 0 amide bonds. The molecule has 3 rings (SSSR count). The maximum atomic E-state index is 13.1. The van der Waals surface area contributed by atoms with Gasteiger partial charge < -0.3 is 14.0 Å². The van der Waals surface area contributed by atoms with Crippen LogP contribution in [-0.2, 0) is 9.31 Å². The van der Waals surface area contributed by atoms with Crippen LogP contribution in [0.25, 0.3) is 0 Å². The van der Waals surface area contributed by atoms with Crippen LogP contribution in [0.3, 0.4) is 0 Å². The summed E-state index contributed by atoms with van der Waals surface area (Å²) in [5, 5.41) is 0.582. The largest absolute Gasteiger partial charge is 0.497 e. The summed E-state index contributed by atoms with van der Waals surface area (Å²) in [6, 6.07) is 12.2. The molecule has 1 saturated heterocycles. The van der Waals surface area contributed by atoms with E-state index in [4.69, 9.17) is 25.6 Å². The molecule has 0 aromatic heterocycles. The van der Waals surface area contributed by atoms with Crippen molar-refractivity contribution in [1.29, 1.82) is 0 Å². The summed E-state index contributed by atoms with van der Waals surface area (Å²) in [5.74, 6) is 0.466. The zero-order valence-corrected chi connectivity index (χ0v) is 16.4. The molecule has 0 aliphatic carbocycles. The van der Waals surface area contributed by atoms with Gasteiger partial charge in [-0.15, -0.1) is 0 Å². The Morgan fingerprint density at radius 1 is 1.00 bits per heavy atom. The number of hydrogen-bond acceptors (Lipinski definition) is 4. The summed E-state index contributed by atoms with van der Waals surface area (Å²) in [7, 11) is 0.942. The molecular formula is C20H22BClO4. The second-order valence-electron chi connectivity index (χ2n) is 7.38. The van der Waals surface area contributed by atoms with Crippen molar-refractivity contribution in [2.24, 2.45) is 0 Å². The SMILES string of the molecule is COc1ccc(B2OC(C)(C)C(C)(C)O2)c(C(=O)c2ccc(Cl)cc2)c1. The van der Waals surface area contributed by atoms with E-state index in [0.717, 1.165) is 0 Å². The third-order valence-electron chi connectivity index (χ3n) is 5.12. The van der Waals surface area contributed by atoms with Gasteiger partial charge in [-0.2, -0.15) is 0 Å². The minimum atomic E-state index is -0.628. The number of ether oxygens (including phenoxy) is 1. The van der Waals surface area contributed by atoms with Crippen LogP contribution in [0.4, 0.5) is 0 Å². The van der Waals surface area contributed by atoms with Crippen molar-refractivity contribution in [3.05, 3.63) is 58.6 Å². The molecular weight excluding hydrogens is 350 g/mol. The van der Waals surface area contributed by atoms with E-state index < -0.39 is 18.3 Å². The van der Waals surface area contributed by atoms with Crippen LogP contribution < -0.4 is 10.2 Å². The Kier molecular flexibility index (Phi) is 4.91. The van der Waals surface area contributed by atoms with Gasteiger partial charge in [0.15, 0.2) is 5.78 Å². The summed E-state index contributed by atoms with van der Waals surface area (Å²) in [6.07, 6.45) is 0. The number of carbonyl (C=O) groups is 1. The Hall–Kier alpha value is -1.82. The molecule has 2 aromatic rings. The summed E-state index contributed by atoms with van der Waals surface area (Å²) >= 11 is 5.94. The van der Waals surface area contributed by atoms with Crippen LogP contribution in [0.15, 0.2) is 42.5 Å². The first-order chi connectivity index (χ1) is 12.1. The molecule has 2 aromatic carbocycles. The molecule has 0 atom stereocenters. The molecule has 4 nitrogen and oxygen atoms in total. The van der Waals surface area contributed by atoms with E-state index in [2.05, 4.69) is 0 Å². The molecule has 136 valence electrons. The van der Waals surface area contributed by atoms with Gasteiger partial charge in [-0.3, -0.25) is 4.79 Å². The standard InChI is InChI=1S/C20H22BClO4/c1-19(2)20(3,4)26-21(25-19)17-11-10-15(24-5)12-16(17)18(23)13-6-8-14(22)9-7-13/h6-12H,1-5H3. The molecule has 0 unspecified atom stereocenters. The third-order valence-corrected chi connectivity index (χ3v) is 5.37. The summed E-state index contributed by atoms with van der Waals surface area (Å²) in [5.41, 5.74) is 0.742. The summed E-state index contributed by atoms with van der Waals surface area (Å²) in [6.45, 7) is 7.93. The van der Waals surface area contributed by atoms with Crippen LogP contribution in [0.5, 0.6) is 5.75 Å². The number of methoxy groups -OCH3 is 1. The van der Waals surface area contributed by atoms with Gasteiger partial charge in [0.2, 0.25) is 0 Å². The lowest BCUT2D eigenvalue weighted by Gasteiger charge is -2.32. The van der Waals surface area contributed by atoms with Gasteiger partial charge in [-0.1, -0.05) is 17.7 Å². The molecule has 26 heavy (non-hydrogen) atoms. The highest BCUT2D eigenvalue weighted by atomic mass is 35.5. The predicted octanol–water partition coefficient (Wildman–Crippen LogP) is 3.88. The van der Waals surface area contributed by atoms with Gasteiger partial charge in [0.1, 0.15) is 5.75 Å². The van der Waals surface area contributed by atoms with E-state index in [-0.39, 0.29) is 5.78 Å². The van der Waals surface area contributed by atoms with Crippen molar-refractivity contribution >= 4 is 30.0 Å². The number of rotatable bonds is 4. The van der Waals surface area contributed by atoms with Crippen molar-refractivity contribution < 1.29 is 18.8 Å². The van der Waals surface area contributed by atoms with Crippen molar-refractivity contribution in [1.82, 2.24) is 0 Å². The maximum Gasteiger partial charge on any atom is 0.495 e. The van der Waals surface area contributed by atoms with Gasteiger partial charge in [0.25, 0.3) is 0 Å². The van der Waals surface area contributed by atoms with Gasteiger partial charge in [-0.25, -0.2) is 0 Å². The van der Waals surface area contributed by atoms with E-state index in [1.807, 2.05) is 33.8 Å². The second-order valence-corrected chi connectivity index (χ2v) is 7.81. The first-order valence-electron chi connectivity index (χ1n) is 8.48.